The first-order chi connectivity index (χ1) is 8.79. The van der Waals surface area contributed by atoms with Crippen molar-refractivity contribution in [1.82, 2.24) is 4.90 Å². The van der Waals surface area contributed by atoms with Crippen molar-refractivity contribution < 1.29 is 27.9 Å². The van der Waals surface area contributed by atoms with E-state index in [9.17, 15) is 22.8 Å². The first kappa shape index (κ1) is 14.1. The van der Waals surface area contributed by atoms with Crippen LogP contribution in [0.3, 0.4) is 0 Å². The summed E-state index contributed by atoms with van der Waals surface area (Å²) in [6.45, 7) is 0.0421. The van der Waals surface area contributed by atoms with Gasteiger partial charge >= 0.3 is 18.1 Å². The molecule has 0 aromatic rings. The van der Waals surface area contributed by atoms with Crippen LogP contribution in [0.5, 0.6) is 0 Å². The molecular weight excluding hydrogens is 263 g/mol. The van der Waals surface area contributed by atoms with Gasteiger partial charge in [0.2, 0.25) is 0 Å². The molecule has 2 rings (SSSR count). The van der Waals surface area contributed by atoms with Crippen LogP contribution in [-0.2, 0) is 9.59 Å². The monoisotopic (exact) mass is 279 g/mol. The average molecular weight is 279 g/mol. The van der Waals surface area contributed by atoms with Gasteiger partial charge in [0.15, 0.2) is 0 Å². The molecule has 19 heavy (non-hydrogen) atoms. The van der Waals surface area contributed by atoms with E-state index in [0.29, 0.717) is 6.42 Å². The molecule has 2 fully saturated rings. The second kappa shape index (κ2) is 5.02. The highest BCUT2D eigenvalue weighted by atomic mass is 19.4. The zero-order valence-electron chi connectivity index (χ0n) is 10.3. The van der Waals surface area contributed by atoms with E-state index in [0.717, 1.165) is 17.7 Å². The number of hydrogen-bond acceptors (Lipinski definition) is 2. The molecule has 1 saturated heterocycles. The largest absolute Gasteiger partial charge is 0.481 e. The summed E-state index contributed by atoms with van der Waals surface area (Å²) in [5.41, 5.74) is 0. The minimum atomic E-state index is -4.84. The number of aliphatic carboxylic acids is 1. The predicted molar refractivity (Wildman–Crippen MR) is 59.2 cm³/mol. The molecule has 0 aromatic heterocycles. The molecule has 1 saturated carbocycles. The van der Waals surface area contributed by atoms with Crippen LogP contribution in [0.25, 0.3) is 0 Å². The zero-order chi connectivity index (χ0) is 14.2. The average Bonchev–Trinajstić information content (AvgIpc) is 3.10. The van der Waals surface area contributed by atoms with Gasteiger partial charge in [-0.3, -0.25) is 9.59 Å². The quantitative estimate of drug-likeness (QED) is 0.858. The van der Waals surface area contributed by atoms with Gasteiger partial charge in [-0.05, 0) is 37.0 Å². The van der Waals surface area contributed by atoms with E-state index in [2.05, 4.69) is 0 Å². The van der Waals surface area contributed by atoms with Crippen molar-refractivity contribution in [2.45, 2.75) is 31.9 Å². The van der Waals surface area contributed by atoms with Gasteiger partial charge in [0.25, 0.3) is 0 Å². The number of carboxylic acid groups (broad SMARTS) is 1. The summed E-state index contributed by atoms with van der Waals surface area (Å²) in [5.74, 6) is -2.65. The van der Waals surface area contributed by atoms with Crippen molar-refractivity contribution in [3.05, 3.63) is 0 Å². The molecule has 2 atom stereocenters. The normalized spacial score (nSPS) is 28.3. The maximum Gasteiger partial charge on any atom is 0.471 e. The van der Waals surface area contributed by atoms with E-state index in [-0.39, 0.29) is 37.3 Å². The maximum atomic E-state index is 12.4. The fourth-order valence-corrected chi connectivity index (χ4v) is 2.93. The molecule has 1 aliphatic heterocycles. The molecule has 1 amide bonds. The lowest BCUT2D eigenvalue weighted by molar-refractivity contribution is -0.188. The Morgan fingerprint density at radius 3 is 2.32 bits per heavy atom. The van der Waals surface area contributed by atoms with Crippen LogP contribution in [0.1, 0.15) is 25.7 Å². The number of halogens is 3. The molecule has 1 heterocycles. The Morgan fingerprint density at radius 2 is 1.84 bits per heavy atom. The van der Waals surface area contributed by atoms with Gasteiger partial charge in [-0.25, -0.2) is 0 Å². The summed E-state index contributed by atoms with van der Waals surface area (Å²) in [5, 5.41) is 8.83. The molecule has 0 aromatic carbocycles. The molecule has 2 aliphatic rings. The summed E-state index contributed by atoms with van der Waals surface area (Å²) >= 11 is 0. The van der Waals surface area contributed by atoms with Gasteiger partial charge in [0.05, 0.1) is 0 Å². The molecule has 0 unspecified atom stereocenters. The Kier molecular flexibility index (Phi) is 3.73. The third-order valence-electron chi connectivity index (χ3n) is 4.00. The summed E-state index contributed by atoms with van der Waals surface area (Å²) < 4.78 is 37.2. The molecule has 1 aliphatic carbocycles. The minimum Gasteiger partial charge on any atom is -0.481 e. The number of carbonyl (C=O) groups excluding carboxylic acids is 1. The van der Waals surface area contributed by atoms with Gasteiger partial charge in [0, 0.05) is 19.5 Å². The first-order valence-electron chi connectivity index (χ1n) is 6.37. The number of carboxylic acids is 1. The van der Waals surface area contributed by atoms with E-state index < -0.39 is 18.1 Å². The summed E-state index contributed by atoms with van der Waals surface area (Å²) in [6, 6.07) is 0. The number of nitrogens with zero attached hydrogens (tertiary/aromatic N) is 1. The third-order valence-corrected chi connectivity index (χ3v) is 4.00. The predicted octanol–water partition coefficient (Wildman–Crippen LogP) is 1.90. The summed E-state index contributed by atoms with van der Waals surface area (Å²) in [4.78, 5) is 22.8. The molecule has 7 heteroatoms. The highest BCUT2D eigenvalue weighted by molar-refractivity contribution is 5.82. The number of likely N-dealkylation sites (tertiary alicyclic amines) is 1. The number of hydrogen-bond donors (Lipinski definition) is 1. The Balaban J connectivity index is 2.02. The SMILES string of the molecule is O=C(O)C[C@@H]1CCN(C(=O)C(F)(F)F)C[C@@H]1C1CC1. The molecule has 1 N–H and O–H groups in total. The molecule has 0 radical (unpaired) electrons. The van der Waals surface area contributed by atoms with Crippen LogP contribution in [0, 0.1) is 17.8 Å². The van der Waals surface area contributed by atoms with Crippen molar-refractivity contribution in [2.75, 3.05) is 13.1 Å². The lowest BCUT2D eigenvalue weighted by Crippen LogP contribution is -2.49. The van der Waals surface area contributed by atoms with Crippen LogP contribution in [-0.4, -0.2) is 41.1 Å². The molecule has 4 nitrogen and oxygen atoms in total. The Labute approximate surface area is 108 Å². The number of carbonyl (C=O) groups is 2. The fraction of sp³-hybridized carbons (Fsp3) is 0.833. The smallest absolute Gasteiger partial charge is 0.471 e. The van der Waals surface area contributed by atoms with Gasteiger partial charge in [-0.1, -0.05) is 0 Å². The Bertz CT molecular complexity index is 379. The number of rotatable bonds is 3. The van der Waals surface area contributed by atoms with Crippen molar-refractivity contribution >= 4 is 11.9 Å². The van der Waals surface area contributed by atoms with Crippen molar-refractivity contribution in [3.8, 4) is 0 Å². The number of piperidine rings is 1. The van der Waals surface area contributed by atoms with Gasteiger partial charge in [0.1, 0.15) is 0 Å². The zero-order valence-corrected chi connectivity index (χ0v) is 10.3. The van der Waals surface area contributed by atoms with E-state index in [1.54, 1.807) is 0 Å². The topological polar surface area (TPSA) is 57.6 Å². The standard InChI is InChI=1S/C12H16F3NO3/c13-12(14,15)11(19)16-4-3-8(5-10(17)18)9(6-16)7-1-2-7/h7-9H,1-6H2,(H,17,18)/t8-,9+/m0/s1. The van der Waals surface area contributed by atoms with Gasteiger partial charge < -0.3 is 10.0 Å². The second-order valence-electron chi connectivity index (χ2n) is 5.40. The second-order valence-corrected chi connectivity index (χ2v) is 5.40. The number of alkyl halides is 3. The summed E-state index contributed by atoms with van der Waals surface area (Å²) in [6.07, 6.45) is -2.66. The minimum absolute atomic E-state index is 0.000486. The van der Waals surface area contributed by atoms with Crippen molar-refractivity contribution in [2.24, 2.45) is 17.8 Å². The van der Waals surface area contributed by atoms with Crippen LogP contribution in [0.2, 0.25) is 0 Å². The van der Waals surface area contributed by atoms with Crippen LogP contribution in [0.15, 0.2) is 0 Å². The van der Waals surface area contributed by atoms with Crippen LogP contribution < -0.4 is 0 Å². The van der Waals surface area contributed by atoms with Gasteiger partial charge in [-0.2, -0.15) is 13.2 Å². The van der Waals surface area contributed by atoms with Crippen LogP contribution >= 0.6 is 0 Å². The highest BCUT2D eigenvalue weighted by Crippen LogP contribution is 2.45. The third kappa shape index (κ3) is 3.39. The molecule has 0 spiro atoms. The highest BCUT2D eigenvalue weighted by Gasteiger charge is 2.47. The Hall–Kier alpha value is -1.27. The Morgan fingerprint density at radius 1 is 1.21 bits per heavy atom. The molecule has 108 valence electrons. The van der Waals surface area contributed by atoms with Crippen molar-refractivity contribution in [3.63, 3.8) is 0 Å². The van der Waals surface area contributed by atoms with E-state index in [4.69, 9.17) is 5.11 Å². The number of amides is 1. The summed E-state index contributed by atoms with van der Waals surface area (Å²) in [7, 11) is 0. The van der Waals surface area contributed by atoms with Crippen LogP contribution in [0.4, 0.5) is 13.2 Å². The van der Waals surface area contributed by atoms with Crippen molar-refractivity contribution in [1.29, 1.82) is 0 Å². The first-order valence-corrected chi connectivity index (χ1v) is 6.37. The van der Waals surface area contributed by atoms with E-state index in [1.807, 2.05) is 0 Å². The lowest BCUT2D eigenvalue weighted by atomic mass is 9.80. The maximum absolute atomic E-state index is 12.4. The van der Waals surface area contributed by atoms with Gasteiger partial charge in [-0.15, -0.1) is 0 Å². The lowest BCUT2D eigenvalue weighted by Gasteiger charge is -2.38. The van der Waals surface area contributed by atoms with E-state index >= 15 is 0 Å². The molecular formula is C12H16F3NO3. The fourth-order valence-electron chi connectivity index (χ4n) is 2.93. The van der Waals surface area contributed by atoms with E-state index in [1.165, 1.54) is 0 Å². The molecule has 0 bridgehead atoms.